The molecule has 0 amide bonds. The van der Waals surface area contributed by atoms with E-state index in [4.69, 9.17) is 5.11 Å². The average molecular weight is 328 g/mol. The summed E-state index contributed by atoms with van der Waals surface area (Å²) in [5, 5.41) is 11.7. The summed E-state index contributed by atoms with van der Waals surface area (Å²) >= 11 is 1.08. The predicted octanol–water partition coefficient (Wildman–Crippen LogP) is 2.49. The first kappa shape index (κ1) is 15.8. The van der Waals surface area contributed by atoms with Gasteiger partial charge in [-0.25, -0.2) is 0 Å². The van der Waals surface area contributed by atoms with Gasteiger partial charge in [0.1, 0.15) is 4.90 Å². The molecule has 114 valence electrons. The minimum absolute atomic E-state index is 0.0510. The van der Waals surface area contributed by atoms with E-state index in [2.05, 4.69) is 9.71 Å². The fraction of sp³-hybridized carbons (Fsp3) is 0.385. The van der Waals surface area contributed by atoms with Crippen molar-refractivity contribution in [2.75, 3.05) is 11.1 Å². The second-order valence-corrected chi connectivity index (χ2v) is 7.56. The van der Waals surface area contributed by atoms with Gasteiger partial charge in [-0.05, 0) is 23.6 Å². The quantitative estimate of drug-likeness (QED) is 0.881. The minimum Gasteiger partial charge on any atom is -0.481 e. The molecule has 2 rings (SSSR count). The summed E-state index contributed by atoms with van der Waals surface area (Å²) in [6.07, 6.45) is -0.0510. The number of nitrogens with zero attached hydrogens (tertiary/aromatic N) is 1. The first-order valence-electron chi connectivity index (χ1n) is 6.40. The summed E-state index contributed by atoms with van der Waals surface area (Å²) < 4.78 is 28.1. The molecule has 0 saturated heterocycles. The summed E-state index contributed by atoms with van der Waals surface area (Å²) in [4.78, 5) is 10.6. The zero-order valence-electron chi connectivity index (χ0n) is 11.7. The maximum absolute atomic E-state index is 12.2. The van der Waals surface area contributed by atoms with Gasteiger partial charge in [0, 0.05) is 5.75 Å². The smallest absolute Gasteiger partial charge is 0.304 e. The van der Waals surface area contributed by atoms with E-state index in [1.165, 1.54) is 0 Å². The highest BCUT2D eigenvalue weighted by atomic mass is 32.2. The van der Waals surface area contributed by atoms with E-state index in [9.17, 15) is 13.2 Å². The number of anilines is 1. The number of hydrogen-bond donors (Lipinski definition) is 2. The number of nitrogens with one attached hydrogen (secondary N) is 1. The van der Waals surface area contributed by atoms with Crippen LogP contribution in [0.25, 0.3) is 0 Å². The highest BCUT2D eigenvalue weighted by Crippen LogP contribution is 2.32. The van der Waals surface area contributed by atoms with E-state index in [1.54, 1.807) is 12.1 Å². The number of carbonyl (C=O) groups is 1. The number of carboxylic acids is 1. The number of thioether (sulfide) groups is 1. The molecule has 1 aliphatic rings. The molecule has 0 atom stereocenters. The van der Waals surface area contributed by atoms with Crippen molar-refractivity contribution < 1.29 is 18.3 Å². The molecule has 8 heteroatoms. The van der Waals surface area contributed by atoms with Crippen molar-refractivity contribution in [3.05, 3.63) is 23.8 Å². The van der Waals surface area contributed by atoms with Crippen LogP contribution in [-0.4, -0.2) is 30.4 Å². The third-order valence-electron chi connectivity index (χ3n) is 2.95. The molecule has 0 aliphatic carbocycles. The third kappa shape index (κ3) is 3.76. The van der Waals surface area contributed by atoms with E-state index in [0.29, 0.717) is 5.69 Å². The summed E-state index contributed by atoms with van der Waals surface area (Å²) in [5.74, 6) is -0.444. The summed E-state index contributed by atoms with van der Waals surface area (Å²) in [6, 6.07) is 5.22. The Kier molecular flexibility index (Phi) is 4.58. The van der Waals surface area contributed by atoms with Crippen molar-refractivity contribution in [1.82, 2.24) is 0 Å². The molecular weight excluding hydrogens is 312 g/mol. The molecule has 0 spiro atoms. The Labute approximate surface area is 127 Å². The second-order valence-electron chi connectivity index (χ2n) is 4.90. The van der Waals surface area contributed by atoms with Gasteiger partial charge in [-0.1, -0.05) is 31.7 Å². The van der Waals surface area contributed by atoms with Crippen molar-refractivity contribution in [3.8, 4) is 0 Å². The lowest BCUT2D eigenvalue weighted by atomic mass is 10.0. The molecule has 0 bridgehead atoms. The highest BCUT2D eigenvalue weighted by Gasteiger charge is 2.25. The first-order valence-corrected chi connectivity index (χ1v) is 8.82. The molecule has 0 fully saturated rings. The standard InChI is InChI=1S/C13H16N2O4S2/c1-8(2)9-3-4-10-11(7-9)21(18,19)15-13(14-10)20-6-5-12(16)17/h3-4,7-8H,5-6H2,1-2H3,(H,14,15)(H,16,17). The van der Waals surface area contributed by atoms with Gasteiger partial charge < -0.3 is 10.4 Å². The predicted molar refractivity (Wildman–Crippen MR) is 83.5 cm³/mol. The highest BCUT2D eigenvalue weighted by molar-refractivity contribution is 8.14. The van der Waals surface area contributed by atoms with Crippen LogP contribution in [0.4, 0.5) is 5.69 Å². The van der Waals surface area contributed by atoms with E-state index in [-0.39, 0.29) is 28.2 Å². The molecule has 1 heterocycles. The van der Waals surface area contributed by atoms with Crippen LogP contribution < -0.4 is 5.32 Å². The Morgan fingerprint density at radius 3 is 2.76 bits per heavy atom. The van der Waals surface area contributed by atoms with E-state index < -0.39 is 16.0 Å². The number of sulfonamides is 1. The summed E-state index contributed by atoms with van der Waals surface area (Å²) in [7, 11) is -3.74. The van der Waals surface area contributed by atoms with Crippen LogP contribution >= 0.6 is 11.8 Å². The van der Waals surface area contributed by atoms with Crippen LogP contribution in [-0.2, 0) is 14.8 Å². The largest absolute Gasteiger partial charge is 0.481 e. The van der Waals surface area contributed by atoms with Gasteiger partial charge in [0.15, 0.2) is 5.17 Å². The van der Waals surface area contributed by atoms with Gasteiger partial charge in [-0.2, -0.15) is 8.42 Å². The SMILES string of the molecule is CC(C)c1ccc2c(c1)S(=O)(=O)N=C(SCCC(=O)O)N2. The number of hydrogen-bond acceptors (Lipinski definition) is 5. The fourth-order valence-electron chi connectivity index (χ4n) is 1.81. The van der Waals surface area contributed by atoms with Crippen molar-refractivity contribution in [3.63, 3.8) is 0 Å². The van der Waals surface area contributed by atoms with Gasteiger partial charge in [0.2, 0.25) is 0 Å². The maximum atomic E-state index is 12.2. The number of rotatable bonds is 4. The van der Waals surface area contributed by atoms with Crippen molar-refractivity contribution in [2.24, 2.45) is 4.40 Å². The van der Waals surface area contributed by atoms with E-state index in [1.807, 2.05) is 19.9 Å². The fourth-order valence-corrected chi connectivity index (χ4v) is 4.01. The zero-order chi connectivity index (χ0) is 15.6. The van der Waals surface area contributed by atoms with Crippen molar-refractivity contribution in [1.29, 1.82) is 0 Å². The topological polar surface area (TPSA) is 95.8 Å². The number of benzene rings is 1. The Morgan fingerprint density at radius 2 is 2.14 bits per heavy atom. The van der Waals surface area contributed by atoms with Gasteiger partial charge in [-0.3, -0.25) is 4.79 Å². The monoisotopic (exact) mass is 328 g/mol. The zero-order valence-corrected chi connectivity index (χ0v) is 13.3. The second kappa shape index (κ2) is 6.07. The van der Waals surface area contributed by atoms with Crippen LogP contribution in [0.1, 0.15) is 31.7 Å². The Bertz CT molecular complexity index is 696. The minimum atomic E-state index is -3.74. The van der Waals surface area contributed by atoms with Crippen LogP contribution in [0.5, 0.6) is 0 Å². The van der Waals surface area contributed by atoms with Crippen molar-refractivity contribution in [2.45, 2.75) is 31.1 Å². The van der Waals surface area contributed by atoms with Gasteiger partial charge in [0.05, 0.1) is 12.1 Å². The van der Waals surface area contributed by atoms with E-state index >= 15 is 0 Å². The Morgan fingerprint density at radius 1 is 1.43 bits per heavy atom. The molecular formula is C13H16N2O4S2. The first-order chi connectivity index (χ1) is 9.79. The summed E-state index contributed by atoms with van der Waals surface area (Å²) in [6.45, 7) is 3.97. The molecule has 0 aromatic heterocycles. The lowest BCUT2D eigenvalue weighted by molar-refractivity contribution is -0.136. The number of fused-ring (bicyclic) bond motifs is 1. The molecule has 1 aromatic carbocycles. The molecule has 1 aliphatic heterocycles. The van der Waals surface area contributed by atoms with Gasteiger partial charge in [0.25, 0.3) is 10.0 Å². The van der Waals surface area contributed by atoms with Gasteiger partial charge in [-0.15, -0.1) is 4.40 Å². The normalized spacial score (nSPS) is 16.0. The van der Waals surface area contributed by atoms with E-state index in [0.717, 1.165) is 17.3 Å². The number of amidine groups is 1. The Hall–Kier alpha value is -1.54. The molecule has 21 heavy (non-hydrogen) atoms. The maximum Gasteiger partial charge on any atom is 0.304 e. The van der Waals surface area contributed by atoms with Crippen molar-refractivity contribution >= 4 is 38.6 Å². The number of carboxylic acid groups (broad SMARTS) is 1. The van der Waals surface area contributed by atoms with Crippen LogP contribution in [0.3, 0.4) is 0 Å². The summed E-state index contributed by atoms with van der Waals surface area (Å²) in [5.41, 5.74) is 1.41. The molecule has 0 radical (unpaired) electrons. The Balaban J connectivity index is 2.25. The van der Waals surface area contributed by atoms with Gasteiger partial charge >= 0.3 is 5.97 Å². The van der Waals surface area contributed by atoms with Crippen LogP contribution in [0.15, 0.2) is 27.5 Å². The molecule has 0 unspecified atom stereocenters. The third-order valence-corrected chi connectivity index (χ3v) is 5.26. The molecule has 0 saturated carbocycles. The molecule has 1 aromatic rings. The number of aliphatic carboxylic acids is 1. The average Bonchev–Trinajstić information content (AvgIpc) is 2.37. The lowest BCUT2D eigenvalue weighted by Gasteiger charge is -2.19. The van der Waals surface area contributed by atoms with Crippen LogP contribution in [0.2, 0.25) is 0 Å². The molecule has 6 nitrogen and oxygen atoms in total. The molecule has 2 N–H and O–H groups in total. The van der Waals surface area contributed by atoms with Crippen LogP contribution in [0, 0.1) is 0 Å². The lowest BCUT2D eigenvalue weighted by Crippen LogP contribution is -2.19.